The number of rotatable bonds is 11. The van der Waals surface area contributed by atoms with Gasteiger partial charge in [-0.05, 0) is 77.2 Å². The van der Waals surface area contributed by atoms with Gasteiger partial charge in [-0.1, -0.05) is 24.3 Å². The second kappa shape index (κ2) is 14.8. The van der Waals surface area contributed by atoms with Crippen LogP contribution in [0.25, 0.3) is 28.0 Å². The molecule has 266 valence electrons. The van der Waals surface area contributed by atoms with E-state index in [1.54, 1.807) is 50.6 Å². The van der Waals surface area contributed by atoms with Crippen molar-refractivity contribution in [2.24, 2.45) is 0 Å². The summed E-state index contributed by atoms with van der Waals surface area (Å²) in [6, 6.07) is 23.1. The van der Waals surface area contributed by atoms with E-state index in [0.717, 1.165) is 50.0 Å². The largest absolute Gasteiger partial charge is 0.493 e. The molecule has 0 saturated heterocycles. The first kappa shape index (κ1) is 34.1. The van der Waals surface area contributed by atoms with E-state index in [-0.39, 0.29) is 28.5 Å². The van der Waals surface area contributed by atoms with Crippen molar-refractivity contribution in [3.63, 3.8) is 0 Å². The number of nitrogens with zero attached hydrogens (tertiary/aromatic N) is 5. The van der Waals surface area contributed by atoms with Gasteiger partial charge < -0.3 is 28.1 Å². The van der Waals surface area contributed by atoms with Crippen LogP contribution in [0, 0.1) is 0 Å². The molecule has 1 amide bonds. The van der Waals surface area contributed by atoms with E-state index < -0.39 is 6.09 Å². The maximum Gasteiger partial charge on any atom is 0.419 e. The van der Waals surface area contributed by atoms with Gasteiger partial charge >= 0.3 is 6.09 Å². The number of anilines is 1. The Balaban J connectivity index is 1.05. The Hall–Kier alpha value is -6.41. The number of aromatic nitrogens is 4. The SMILES string of the molecule is COc1cc2c(cc1OC)CN(CCc1ccc(-n3nnc(-c4cc(OC)c(OC)cc4NC(=O)Oc4cc(=O)c5ccccc5o4)n3)cc1)CC2. The Kier molecular flexibility index (Phi) is 9.71. The number of benzene rings is 4. The molecular weight excluding hydrogens is 668 g/mol. The molecule has 0 bridgehead atoms. The molecule has 52 heavy (non-hydrogen) atoms. The van der Waals surface area contributed by atoms with Crippen molar-refractivity contribution in [1.82, 2.24) is 25.1 Å². The highest BCUT2D eigenvalue weighted by Crippen LogP contribution is 2.38. The van der Waals surface area contributed by atoms with E-state index in [9.17, 15) is 9.59 Å². The Morgan fingerprint density at radius 3 is 2.29 bits per heavy atom. The summed E-state index contributed by atoms with van der Waals surface area (Å²) < 4.78 is 32.9. The normalized spacial score (nSPS) is 12.6. The zero-order valence-corrected chi connectivity index (χ0v) is 29.0. The number of carbonyl (C=O) groups is 1. The smallest absolute Gasteiger partial charge is 0.419 e. The minimum absolute atomic E-state index is 0.206. The zero-order valence-electron chi connectivity index (χ0n) is 29.0. The predicted molar refractivity (Wildman–Crippen MR) is 192 cm³/mol. The van der Waals surface area contributed by atoms with Crippen molar-refractivity contribution in [1.29, 1.82) is 0 Å². The first-order valence-corrected chi connectivity index (χ1v) is 16.5. The lowest BCUT2D eigenvalue weighted by atomic mass is 9.98. The van der Waals surface area contributed by atoms with Crippen molar-refractivity contribution < 1.29 is 32.9 Å². The fourth-order valence-corrected chi connectivity index (χ4v) is 6.17. The minimum Gasteiger partial charge on any atom is -0.493 e. The van der Waals surface area contributed by atoms with Crippen LogP contribution in [0.1, 0.15) is 16.7 Å². The average molecular weight is 705 g/mol. The van der Waals surface area contributed by atoms with Crippen LogP contribution < -0.4 is 34.4 Å². The summed E-state index contributed by atoms with van der Waals surface area (Å²) in [7, 11) is 6.29. The van der Waals surface area contributed by atoms with Crippen LogP contribution in [-0.2, 0) is 19.4 Å². The highest BCUT2D eigenvalue weighted by atomic mass is 16.6. The first-order valence-electron chi connectivity index (χ1n) is 16.5. The topological polar surface area (TPSA) is 152 Å². The van der Waals surface area contributed by atoms with Crippen molar-refractivity contribution in [2.75, 3.05) is 46.8 Å². The molecule has 1 aliphatic rings. The number of methoxy groups -OCH3 is 4. The number of nitrogens with one attached hydrogen (secondary N) is 1. The van der Waals surface area contributed by atoms with E-state index >= 15 is 0 Å². The lowest BCUT2D eigenvalue weighted by Gasteiger charge is -2.29. The number of hydrogen-bond acceptors (Lipinski definition) is 12. The third-order valence-corrected chi connectivity index (χ3v) is 8.90. The van der Waals surface area contributed by atoms with E-state index in [1.165, 1.54) is 35.7 Å². The number of fused-ring (bicyclic) bond motifs is 2. The molecule has 0 atom stereocenters. The summed E-state index contributed by atoms with van der Waals surface area (Å²) in [5.74, 6) is 2.18. The highest BCUT2D eigenvalue weighted by Gasteiger charge is 2.22. The molecule has 3 heterocycles. The van der Waals surface area contributed by atoms with Gasteiger partial charge in [0.05, 0.1) is 56.8 Å². The van der Waals surface area contributed by atoms with Gasteiger partial charge in [-0.25, -0.2) is 4.79 Å². The molecule has 0 spiro atoms. The van der Waals surface area contributed by atoms with Gasteiger partial charge in [0.15, 0.2) is 28.4 Å². The van der Waals surface area contributed by atoms with E-state index in [2.05, 4.69) is 49.9 Å². The van der Waals surface area contributed by atoms with Crippen LogP contribution in [0.2, 0.25) is 0 Å². The zero-order chi connectivity index (χ0) is 36.2. The van der Waals surface area contributed by atoms with Gasteiger partial charge in [-0.15, -0.1) is 15.0 Å². The van der Waals surface area contributed by atoms with E-state index in [1.807, 2.05) is 12.1 Å². The molecule has 0 fully saturated rings. The molecule has 7 rings (SSSR count). The quantitative estimate of drug-likeness (QED) is 0.177. The van der Waals surface area contributed by atoms with Crippen LogP contribution in [0.3, 0.4) is 0 Å². The molecular formula is C38H36N6O8. The van der Waals surface area contributed by atoms with E-state index in [0.29, 0.717) is 28.1 Å². The molecule has 4 aromatic carbocycles. The monoisotopic (exact) mass is 704 g/mol. The fraction of sp³-hybridized carbons (Fsp3) is 0.237. The fourth-order valence-electron chi connectivity index (χ4n) is 6.17. The van der Waals surface area contributed by atoms with Crippen LogP contribution in [0.4, 0.5) is 10.5 Å². The number of hydrogen-bond donors (Lipinski definition) is 1. The van der Waals surface area contributed by atoms with Crippen LogP contribution >= 0.6 is 0 Å². The molecule has 1 aliphatic heterocycles. The summed E-state index contributed by atoms with van der Waals surface area (Å²) in [5.41, 5.74) is 5.01. The second-order valence-electron chi connectivity index (χ2n) is 12.0. The van der Waals surface area contributed by atoms with Crippen molar-refractivity contribution >= 4 is 22.7 Å². The van der Waals surface area contributed by atoms with Gasteiger partial charge in [0.2, 0.25) is 5.82 Å². The lowest BCUT2D eigenvalue weighted by molar-refractivity contribution is 0.202. The molecule has 0 radical (unpaired) electrons. The summed E-state index contributed by atoms with van der Waals surface area (Å²) in [6.45, 7) is 2.73. The Morgan fingerprint density at radius 2 is 1.54 bits per heavy atom. The first-order chi connectivity index (χ1) is 25.3. The second-order valence-corrected chi connectivity index (χ2v) is 12.0. The van der Waals surface area contributed by atoms with Crippen molar-refractivity contribution in [3.05, 3.63) is 106 Å². The van der Waals surface area contributed by atoms with E-state index in [4.69, 9.17) is 28.1 Å². The third-order valence-electron chi connectivity index (χ3n) is 8.90. The molecule has 14 nitrogen and oxygen atoms in total. The minimum atomic E-state index is -0.913. The van der Waals surface area contributed by atoms with Crippen LogP contribution in [-0.4, -0.2) is 72.7 Å². The number of tetrazole rings is 1. The maximum atomic E-state index is 13.0. The van der Waals surface area contributed by atoms with Gasteiger partial charge in [-0.2, -0.15) is 0 Å². The molecule has 1 N–H and O–H groups in total. The van der Waals surface area contributed by atoms with Gasteiger partial charge in [0.25, 0.3) is 5.95 Å². The molecule has 6 aromatic rings. The highest BCUT2D eigenvalue weighted by molar-refractivity contribution is 5.92. The van der Waals surface area contributed by atoms with Crippen LogP contribution in [0.5, 0.6) is 28.9 Å². The number of amides is 1. The summed E-state index contributed by atoms with van der Waals surface area (Å²) in [6.07, 6.45) is 0.914. The van der Waals surface area contributed by atoms with Gasteiger partial charge in [0.1, 0.15) is 5.58 Å². The van der Waals surface area contributed by atoms with Gasteiger partial charge in [0, 0.05) is 25.7 Å². The molecule has 2 aromatic heterocycles. The lowest BCUT2D eigenvalue weighted by Crippen LogP contribution is -2.32. The predicted octanol–water partition coefficient (Wildman–Crippen LogP) is 5.68. The van der Waals surface area contributed by atoms with Gasteiger partial charge in [-0.3, -0.25) is 15.0 Å². The third kappa shape index (κ3) is 7.09. The summed E-state index contributed by atoms with van der Waals surface area (Å²) in [4.78, 5) is 29.4. The Labute approximate surface area is 298 Å². The number of para-hydroxylation sites is 1. The Bertz CT molecular complexity index is 2300. The standard InChI is InChI=1S/C38H36N6O8/c1-47-32-17-24-14-16-43(22-25(24)18-33(32)48-2)15-13-23-9-11-26(12-10-23)44-41-37(40-42-44)28-19-34(49-3)35(50-4)20-29(28)39-38(46)52-36-21-30(45)27-7-5-6-8-31(27)51-36/h5-12,17-21H,13-16,22H2,1-4H3,(H,39,46). The number of carbonyl (C=O) groups excluding carboxylic acids is 1. The maximum absolute atomic E-state index is 13.0. The molecule has 14 heteroatoms. The summed E-state index contributed by atoms with van der Waals surface area (Å²) >= 11 is 0. The number of ether oxygens (including phenoxy) is 5. The Morgan fingerprint density at radius 1 is 0.846 bits per heavy atom. The molecule has 0 unspecified atom stereocenters. The molecule has 0 aliphatic carbocycles. The van der Waals surface area contributed by atoms with Crippen LogP contribution in [0.15, 0.2) is 88.1 Å². The summed E-state index contributed by atoms with van der Waals surface area (Å²) in [5, 5.41) is 16.2. The molecule has 0 saturated carbocycles. The van der Waals surface area contributed by atoms with Crippen molar-refractivity contribution in [3.8, 4) is 46.0 Å². The average Bonchev–Trinajstić information content (AvgIpc) is 3.66. The van der Waals surface area contributed by atoms with Crippen molar-refractivity contribution in [2.45, 2.75) is 19.4 Å².